The largest absolute Gasteiger partial charge is 0.493 e. The Morgan fingerprint density at radius 3 is 2.53 bits per heavy atom. The van der Waals surface area contributed by atoms with Gasteiger partial charge < -0.3 is 24.3 Å². The molecule has 0 atom stereocenters. The van der Waals surface area contributed by atoms with Crippen LogP contribution >= 0.6 is 0 Å². The highest BCUT2D eigenvalue weighted by atomic mass is 32.2. The number of nitrogens with one attached hydrogen (secondary N) is 1. The Labute approximate surface area is 187 Å². The number of hydrogen-bond donors (Lipinski definition) is 1. The van der Waals surface area contributed by atoms with Crippen LogP contribution in [0.1, 0.15) is 27.9 Å². The molecule has 2 aliphatic heterocycles. The Balaban J connectivity index is 1.31. The Bertz CT molecular complexity index is 1120. The lowest BCUT2D eigenvalue weighted by molar-refractivity contribution is 0.0953. The number of sulfonamides is 1. The highest BCUT2D eigenvalue weighted by Gasteiger charge is 2.27. The first-order chi connectivity index (χ1) is 15.4. The van der Waals surface area contributed by atoms with Crippen molar-refractivity contribution in [2.45, 2.75) is 19.4 Å². The van der Waals surface area contributed by atoms with Crippen LogP contribution in [-0.4, -0.2) is 58.5 Å². The Kier molecular flexibility index (Phi) is 6.43. The topological polar surface area (TPSA) is 103 Å². The van der Waals surface area contributed by atoms with Gasteiger partial charge in [-0.3, -0.25) is 4.79 Å². The number of methoxy groups -OCH3 is 2. The van der Waals surface area contributed by atoms with E-state index in [-0.39, 0.29) is 25.0 Å². The molecule has 2 heterocycles. The lowest BCUT2D eigenvalue weighted by Crippen LogP contribution is -2.38. The smallest absolute Gasteiger partial charge is 0.251 e. The van der Waals surface area contributed by atoms with Crippen molar-refractivity contribution in [3.8, 4) is 23.0 Å². The zero-order valence-electron chi connectivity index (χ0n) is 18.0. The predicted octanol–water partition coefficient (Wildman–Crippen LogP) is 1.94. The summed E-state index contributed by atoms with van der Waals surface area (Å²) in [5.74, 6) is 2.02. The zero-order chi connectivity index (χ0) is 22.7. The second-order valence-corrected chi connectivity index (χ2v) is 9.64. The van der Waals surface area contributed by atoms with E-state index in [9.17, 15) is 13.2 Å². The molecule has 1 N–H and O–H groups in total. The van der Waals surface area contributed by atoms with Gasteiger partial charge in [-0.15, -0.1) is 0 Å². The SMILES string of the molecule is COc1cc2c(cc1OC)CN(S(=O)(=O)CCCNC(=O)c1ccc3c(c1)OCO3)CC2. The lowest BCUT2D eigenvalue weighted by atomic mass is 10.0. The Morgan fingerprint density at radius 1 is 1.06 bits per heavy atom. The number of amides is 1. The molecule has 0 fully saturated rings. The fraction of sp³-hybridized carbons (Fsp3) is 0.409. The van der Waals surface area contributed by atoms with Crippen molar-refractivity contribution in [2.24, 2.45) is 0 Å². The van der Waals surface area contributed by atoms with Gasteiger partial charge in [0.1, 0.15) is 0 Å². The first-order valence-electron chi connectivity index (χ1n) is 10.3. The molecule has 0 aromatic heterocycles. The zero-order valence-corrected chi connectivity index (χ0v) is 18.9. The van der Waals surface area contributed by atoms with Gasteiger partial charge in [-0.2, -0.15) is 4.31 Å². The number of nitrogens with zero attached hydrogens (tertiary/aromatic N) is 1. The minimum atomic E-state index is -3.46. The van der Waals surface area contributed by atoms with Crippen LogP contribution in [-0.2, 0) is 23.0 Å². The first kappa shape index (κ1) is 22.2. The number of carbonyl (C=O) groups is 1. The summed E-state index contributed by atoms with van der Waals surface area (Å²) in [4.78, 5) is 12.3. The van der Waals surface area contributed by atoms with Crippen molar-refractivity contribution in [1.29, 1.82) is 0 Å². The molecule has 2 aromatic rings. The van der Waals surface area contributed by atoms with Crippen molar-refractivity contribution >= 4 is 15.9 Å². The number of rotatable bonds is 8. The van der Waals surface area contributed by atoms with Gasteiger partial charge in [0.25, 0.3) is 5.91 Å². The third-order valence-corrected chi connectivity index (χ3v) is 7.48. The monoisotopic (exact) mass is 462 g/mol. The van der Waals surface area contributed by atoms with E-state index in [1.54, 1.807) is 32.4 Å². The van der Waals surface area contributed by atoms with Crippen molar-refractivity contribution in [2.75, 3.05) is 39.9 Å². The van der Waals surface area contributed by atoms with E-state index >= 15 is 0 Å². The summed E-state index contributed by atoms with van der Waals surface area (Å²) in [7, 11) is -0.325. The number of hydrogen-bond acceptors (Lipinski definition) is 7. The molecular formula is C22H26N2O7S. The fourth-order valence-corrected chi connectivity index (χ4v) is 5.29. The van der Waals surface area contributed by atoms with E-state index in [4.69, 9.17) is 18.9 Å². The number of ether oxygens (including phenoxy) is 4. The Morgan fingerprint density at radius 2 is 1.78 bits per heavy atom. The summed E-state index contributed by atoms with van der Waals surface area (Å²) < 4.78 is 48.4. The maximum absolute atomic E-state index is 12.8. The van der Waals surface area contributed by atoms with E-state index in [1.807, 2.05) is 12.1 Å². The summed E-state index contributed by atoms with van der Waals surface area (Å²) in [6.45, 7) is 1.09. The molecule has 0 spiro atoms. The van der Waals surface area contributed by atoms with Crippen LogP contribution in [0.5, 0.6) is 23.0 Å². The van der Waals surface area contributed by atoms with Gasteiger partial charge in [0, 0.05) is 25.2 Å². The molecule has 0 saturated heterocycles. The minimum absolute atomic E-state index is 0.0446. The number of benzene rings is 2. The number of carbonyl (C=O) groups excluding carboxylic acids is 1. The third-order valence-electron chi connectivity index (χ3n) is 5.58. The molecule has 0 bridgehead atoms. The second kappa shape index (κ2) is 9.25. The van der Waals surface area contributed by atoms with Crippen LogP contribution in [0.15, 0.2) is 30.3 Å². The van der Waals surface area contributed by atoms with Crippen LogP contribution < -0.4 is 24.3 Å². The maximum atomic E-state index is 12.8. The van der Waals surface area contributed by atoms with E-state index in [0.29, 0.717) is 54.5 Å². The molecule has 0 aliphatic carbocycles. The highest BCUT2D eigenvalue weighted by Crippen LogP contribution is 2.34. The molecule has 1 amide bonds. The second-order valence-electron chi connectivity index (χ2n) is 7.55. The molecule has 2 aliphatic rings. The van der Waals surface area contributed by atoms with Crippen LogP contribution in [0.2, 0.25) is 0 Å². The average molecular weight is 463 g/mol. The summed E-state index contributed by atoms with van der Waals surface area (Å²) in [5, 5.41) is 2.76. The molecule has 0 saturated carbocycles. The van der Waals surface area contributed by atoms with Gasteiger partial charge in [0.15, 0.2) is 23.0 Å². The van der Waals surface area contributed by atoms with E-state index in [1.165, 1.54) is 4.31 Å². The maximum Gasteiger partial charge on any atom is 0.251 e. The standard InChI is InChI=1S/C22H26N2O7S/c1-28-19-10-15-6-8-24(13-17(15)12-20(19)29-2)32(26,27)9-3-7-23-22(25)16-4-5-18-21(11-16)31-14-30-18/h4-5,10-12H,3,6-9,13-14H2,1-2H3,(H,23,25). The molecule has 2 aromatic carbocycles. The van der Waals surface area contributed by atoms with Gasteiger partial charge in [-0.1, -0.05) is 0 Å². The van der Waals surface area contributed by atoms with Crippen LogP contribution in [0.3, 0.4) is 0 Å². The van der Waals surface area contributed by atoms with Crippen molar-refractivity contribution in [3.05, 3.63) is 47.0 Å². The first-order valence-corrected chi connectivity index (χ1v) is 11.9. The summed E-state index contributed by atoms with van der Waals surface area (Å²) >= 11 is 0. The van der Waals surface area contributed by atoms with E-state index in [0.717, 1.165) is 11.1 Å². The molecule has 9 nitrogen and oxygen atoms in total. The van der Waals surface area contributed by atoms with E-state index in [2.05, 4.69) is 5.32 Å². The highest BCUT2D eigenvalue weighted by molar-refractivity contribution is 7.89. The van der Waals surface area contributed by atoms with Crippen LogP contribution in [0, 0.1) is 0 Å². The normalized spacial score (nSPS) is 15.2. The third kappa shape index (κ3) is 4.61. The van der Waals surface area contributed by atoms with E-state index < -0.39 is 10.0 Å². The fourth-order valence-electron chi connectivity index (χ4n) is 3.82. The predicted molar refractivity (Wildman–Crippen MR) is 117 cm³/mol. The molecule has 10 heteroatoms. The van der Waals surface area contributed by atoms with Crippen molar-refractivity contribution < 1.29 is 32.2 Å². The van der Waals surface area contributed by atoms with Crippen LogP contribution in [0.4, 0.5) is 0 Å². The summed E-state index contributed by atoms with van der Waals surface area (Å²) in [5.41, 5.74) is 2.41. The molecule has 0 radical (unpaired) electrons. The quantitative estimate of drug-likeness (QED) is 0.598. The lowest BCUT2D eigenvalue weighted by Gasteiger charge is -2.29. The van der Waals surface area contributed by atoms with Gasteiger partial charge in [0.2, 0.25) is 16.8 Å². The molecule has 4 rings (SSSR count). The van der Waals surface area contributed by atoms with Gasteiger partial charge in [0.05, 0.1) is 20.0 Å². The Hall–Kier alpha value is -2.98. The average Bonchev–Trinajstić information content (AvgIpc) is 3.28. The molecule has 32 heavy (non-hydrogen) atoms. The van der Waals surface area contributed by atoms with Gasteiger partial charge in [-0.25, -0.2) is 8.42 Å². The number of fused-ring (bicyclic) bond motifs is 2. The van der Waals surface area contributed by atoms with Crippen molar-refractivity contribution in [3.63, 3.8) is 0 Å². The molecule has 0 unspecified atom stereocenters. The summed E-state index contributed by atoms with van der Waals surface area (Å²) in [6, 6.07) is 8.68. The van der Waals surface area contributed by atoms with Gasteiger partial charge in [-0.05, 0) is 54.3 Å². The minimum Gasteiger partial charge on any atom is -0.493 e. The summed E-state index contributed by atoms with van der Waals surface area (Å²) in [6.07, 6.45) is 0.920. The molecule has 172 valence electrons. The van der Waals surface area contributed by atoms with Crippen molar-refractivity contribution in [1.82, 2.24) is 9.62 Å². The molecular weight excluding hydrogens is 436 g/mol. The van der Waals surface area contributed by atoms with Gasteiger partial charge >= 0.3 is 0 Å². The van der Waals surface area contributed by atoms with Crippen LogP contribution in [0.25, 0.3) is 0 Å².